The van der Waals surface area contributed by atoms with Crippen molar-refractivity contribution in [3.63, 3.8) is 0 Å². The third-order valence-electron chi connectivity index (χ3n) is 2.12. The first kappa shape index (κ1) is 13.9. The van der Waals surface area contributed by atoms with Crippen LogP contribution < -0.4 is 21.3 Å². The predicted octanol–water partition coefficient (Wildman–Crippen LogP) is 2.40. The monoisotopic (exact) mass is 285 g/mol. The van der Waals surface area contributed by atoms with E-state index in [9.17, 15) is 13.2 Å². The van der Waals surface area contributed by atoms with E-state index in [1.165, 1.54) is 30.5 Å². The summed E-state index contributed by atoms with van der Waals surface area (Å²) in [5, 5.41) is 2.81. The van der Waals surface area contributed by atoms with Crippen LogP contribution in [-0.4, -0.2) is 16.3 Å². The summed E-state index contributed by atoms with van der Waals surface area (Å²) in [6.07, 6.45) is -3.29. The van der Waals surface area contributed by atoms with E-state index in [1.54, 1.807) is 6.07 Å². The SMILES string of the molecule is NNc1nccc(Nc2cccc(OC(F)(F)F)c2)n1. The smallest absolute Gasteiger partial charge is 0.406 e. The molecule has 0 bridgehead atoms. The molecule has 0 saturated carbocycles. The Morgan fingerprint density at radius 2 is 2.00 bits per heavy atom. The number of rotatable bonds is 4. The maximum Gasteiger partial charge on any atom is 0.573 e. The molecule has 0 unspecified atom stereocenters. The number of nitrogens with two attached hydrogens (primary N) is 1. The highest BCUT2D eigenvalue weighted by Crippen LogP contribution is 2.26. The van der Waals surface area contributed by atoms with E-state index >= 15 is 0 Å². The number of aromatic nitrogens is 2. The van der Waals surface area contributed by atoms with Crippen molar-refractivity contribution in [2.45, 2.75) is 6.36 Å². The van der Waals surface area contributed by atoms with Gasteiger partial charge in [-0.25, -0.2) is 10.8 Å². The number of hydrogen-bond donors (Lipinski definition) is 3. The number of nitrogen functional groups attached to an aromatic ring is 1. The van der Waals surface area contributed by atoms with E-state index in [2.05, 4.69) is 25.4 Å². The Balaban J connectivity index is 2.15. The fourth-order valence-electron chi connectivity index (χ4n) is 1.42. The number of ether oxygens (including phenoxy) is 1. The molecule has 0 radical (unpaired) electrons. The van der Waals surface area contributed by atoms with Crippen LogP contribution in [-0.2, 0) is 0 Å². The summed E-state index contributed by atoms with van der Waals surface area (Å²) in [7, 11) is 0. The average molecular weight is 285 g/mol. The highest BCUT2D eigenvalue weighted by molar-refractivity contribution is 5.58. The Labute approximate surface area is 111 Å². The number of hydrazine groups is 1. The lowest BCUT2D eigenvalue weighted by Crippen LogP contribution is -2.17. The van der Waals surface area contributed by atoms with Crippen molar-refractivity contribution in [1.82, 2.24) is 9.97 Å². The van der Waals surface area contributed by atoms with Crippen LogP contribution in [0.15, 0.2) is 36.5 Å². The van der Waals surface area contributed by atoms with Gasteiger partial charge in [0.25, 0.3) is 0 Å². The van der Waals surface area contributed by atoms with Gasteiger partial charge < -0.3 is 10.1 Å². The van der Waals surface area contributed by atoms with E-state index in [0.717, 1.165) is 0 Å². The molecule has 106 valence electrons. The first-order valence-electron chi connectivity index (χ1n) is 5.39. The van der Waals surface area contributed by atoms with Gasteiger partial charge in [0.15, 0.2) is 0 Å². The fraction of sp³-hybridized carbons (Fsp3) is 0.0909. The molecule has 0 aliphatic carbocycles. The van der Waals surface area contributed by atoms with Crippen molar-refractivity contribution >= 4 is 17.5 Å². The minimum Gasteiger partial charge on any atom is -0.406 e. The standard InChI is InChI=1S/C11H10F3N5O/c12-11(13,14)20-8-3-1-2-7(6-8)17-9-4-5-16-10(18-9)19-15/h1-6H,15H2,(H2,16,17,18,19). The summed E-state index contributed by atoms with van der Waals surface area (Å²) in [6.45, 7) is 0. The summed E-state index contributed by atoms with van der Waals surface area (Å²) in [4.78, 5) is 7.77. The summed E-state index contributed by atoms with van der Waals surface area (Å²) in [5.74, 6) is 5.38. The van der Waals surface area contributed by atoms with Gasteiger partial charge in [-0.2, -0.15) is 4.98 Å². The molecular weight excluding hydrogens is 275 g/mol. The molecule has 9 heteroatoms. The maximum atomic E-state index is 12.1. The quantitative estimate of drug-likeness (QED) is 0.591. The number of alkyl halides is 3. The second-order valence-corrected chi connectivity index (χ2v) is 3.61. The Kier molecular flexibility index (Phi) is 3.89. The van der Waals surface area contributed by atoms with Crippen LogP contribution in [0.25, 0.3) is 0 Å². The number of nitrogens with one attached hydrogen (secondary N) is 2. The van der Waals surface area contributed by atoms with Crippen molar-refractivity contribution in [1.29, 1.82) is 0 Å². The highest BCUT2D eigenvalue weighted by Gasteiger charge is 2.31. The minimum absolute atomic E-state index is 0.178. The van der Waals surface area contributed by atoms with Crippen LogP contribution >= 0.6 is 0 Å². The molecule has 0 aliphatic heterocycles. The zero-order valence-corrected chi connectivity index (χ0v) is 9.98. The summed E-state index contributed by atoms with van der Waals surface area (Å²) in [5.41, 5.74) is 2.64. The molecule has 20 heavy (non-hydrogen) atoms. The van der Waals surface area contributed by atoms with Crippen LogP contribution in [0.5, 0.6) is 5.75 Å². The minimum atomic E-state index is -4.73. The number of halogens is 3. The Morgan fingerprint density at radius 1 is 1.20 bits per heavy atom. The van der Waals surface area contributed by atoms with Gasteiger partial charge in [0.2, 0.25) is 5.95 Å². The van der Waals surface area contributed by atoms with Gasteiger partial charge in [-0.05, 0) is 18.2 Å². The second-order valence-electron chi connectivity index (χ2n) is 3.61. The lowest BCUT2D eigenvalue weighted by atomic mass is 10.3. The molecule has 0 fully saturated rings. The summed E-state index contributed by atoms with van der Waals surface area (Å²) < 4.78 is 40.2. The Bertz CT molecular complexity index is 590. The van der Waals surface area contributed by atoms with Crippen LogP contribution in [0, 0.1) is 0 Å². The van der Waals surface area contributed by atoms with Gasteiger partial charge in [0.1, 0.15) is 11.6 Å². The van der Waals surface area contributed by atoms with Gasteiger partial charge in [-0.3, -0.25) is 5.43 Å². The molecule has 1 aromatic heterocycles. The summed E-state index contributed by atoms with van der Waals surface area (Å²) >= 11 is 0. The first-order valence-corrected chi connectivity index (χ1v) is 5.39. The van der Waals surface area contributed by atoms with Crippen molar-refractivity contribution in [2.24, 2.45) is 5.84 Å². The van der Waals surface area contributed by atoms with E-state index < -0.39 is 6.36 Å². The molecular formula is C11H10F3N5O. The third kappa shape index (κ3) is 3.99. The molecule has 0 spiro atoms. The van der Waals surface area contributed by atoms with Crippen LogP contribution in [0.2, 0.25) is 0 Å². The molecule has 0 amide bonds. The predicted molar refractivity (Wildman–Crippen MR) is 66.2 cm³/mol. The van der Waals surface area contributed by atoms with Crippen molar-refractivity contribution in [3.05, 3.63) is 36.5 Å². The van der Waals surface area contributed by atoms with Gasteiger partial charge in [0.05, 0.1) is 0 Å². The van der Waals surface area contributed by atoms with Crippen LogP contribution in [0.4, 0.5) is 30.6 Å². The van der Waals surface area contributed by atoms with Crippen molar-refractivity contribution in [3.8, 4) is 5.75 Å². The molecule has 1 aromatic carbocycles. The lowest BCUT2D eigenvalue weighted by molar-refractivity contribution is -0.274. The van der Waals surface area contributed by atoms with Gasteiger partial charge in [-0.15, -0.1) is 13.2 Å². The van der Waals surface area contributed by atoms with E-state index in [0.29, 0.717) is 11.5 Å². The molecule has 2 aromatic rings. The third-order valence-corrected chi connectivity index (χ3v) is 2.12. The number of anilines is 3. The highest BCUT2D eigenvalue weighted by atomic mass is 19.4. The van der Waals surface area contributed by atoms with E-state index in [4.69, 9.17) is 5.84 Å². The molecule has 0 atom stereocenters. The van der Waals surface area contributed by atoms with E-state index in [1.807, 2.05) is 0 Å². The van der Waals surface area contributed by atoms with Gasteiger partial charge >= 0.3 is 6.36 Å². The van der Waals surface area contributed by atoms with Crippen LogP contribution in [0.3, 0.4) is 0 Å². The molecule has 4 N–H and O–H groups in total. The topological polar surface area (TPSA) is 85.1 Å². The zero-order chi connectivity index (χ0) is 14.6. The average Bonchev–Trinajstić information content (AvgIpc) is 2.37. The lowest BCUT2D eigenvalue weighted by Gasteiger charge is -2.11. The Morgan fingerprint density at radius 3 is 2.70 bits per heavy atom. The number of benzene rings is 1. The zero-order valence-electron chi connectivity index (χ0n) is 9.98. The van der Waals surface area contributed by atoms with Gasteiger partial charge in [-0.1, -0.05) is 6.07 Å². The molecule has 1 heterocycles. The van der Waals surface area contributed by atoms with Crippen molar-refractivity contribution in [2.75, 3.05) is 10.7 Å². The molecule has 2 rings (SSSR count). The van der Waals surface area contributed by atoms with Gasteiger partial charge in [0, 0.05) is 18.0 Å². The second kappa shape index (κ2) is 5.61. The molecule has 0 aliphatic rings. The largest absolute Gasteiger partial charge is 0.573 e. The van der Waals surface area contributed by atoms with Crippen molar-refractivity contribution < 1.29 is 17.9 Å². The van der Waals surface area contributed by atoms with E-state index in [-0.39, 0.29) is 11.7 Å². The van der Waals surface area contributed by atoms with Crippen LogP contribution in [0.1, 0.15) is 0 Å². The molecule has 0 saturated heterocycles. The molecule has 6 nitrogen and oxygen atoms in total. The summed E-state index contributed by atoms with van der Waals surface area (Å²) in [6, 6.07) is 6.93. The first-order chi connectivity index (χ1) is 9.46. The normalized spacial score (nSPS) is 11.0. The Hall–Kier alpha value is -2.55. The number of nitrogens with zero attached hydrogens (tertiary/aromatic N) is 2. The maximum absolute atomic E-state index is 12.1. The fourth-order valence-corrected chi connectivity index (χ4v) is 1.42. The number of hydrogen-bond acceptors (Lipinski definition) is 6.